The number of nitrogens with one attached hydrogen (secondary N) is 4. The van der Waals surface area contributed by atoms with Gasteiger partial charge in [-0.3, -0.25) is 18.2 Å². The van der Waals surface area contributed by atoms with Crippen LogP contribution in [0, 0.1) is 0 Å². The molecule has 0 bridgehead atoms. The van der Waals surface area contributed by atoms with E-state index < -0.39 is 60.1 Å². The van der Waals surface area contributed by atoms with Gasteiger partial charge in [0.15, 0.2) is 0 Å². The number of anilines is 8. The van der Waals surface area contributed by atoms with Crippen LogP contribution < -0.4 is 21.3 Å². The van der Waals surface area contributed by atoms with Crippen molar-refractivity contribution in [1.82, 2.24) is 29.9 Å². The Balaban J connectivity index is 0.00000704. The summed E-state index contributed by atoms with van der Waals surface area (Å²) in [5.41, 5.74) is 0.0456. The monoisotopic (exact) mass is 961 g/mol. The quantitative estimate of drug-likeness (QED) is 0.0399. The van der Waals surface area contributed by atoms with Crippen LogP contribution in [0.15, 0.2) is 105 Å². The third-order valence-corrected chi connectivity index (χ3v) is 11.4. The summed E-state index contributed by atoms with van der Waals surface area (Å²) in [5, 5.41) is 10.1. The zero-order chi connectivity index (χ0) is 43.6. The van der Waals surface area contributed by atoms with Crippen LogP contribution in [-0.4, -0.2) is 111 Å². The summed E-state index contributed by atoms with van der Waals surface area (Å²) in [6, 6.07) is 17.2. The molecule has 29 heteroatoms. The van der Waals surface area contributed by atoms with Gasteiger partial charge in [0, 0.05) is 52.3 Å². The van der Waals surface area contributed by atoms with E-state index in [1.807, 2.05) is 0 Å². The Hall–Kier alpha value is -4.94. The van der Waals surface area contributed by atoms with Crippen LogP contribution in [0.3, 0.4) is 0 Å². The second-order valence-electron chi connectivity index (χ2n) is 11.8. The molecule has 0 spiro atoms. The number of benzene rings is 4. The van der Waals surface area contributed by atoms with E-state index in [9.17, 15) is 51.9 Å². The summed E-state index contributed by atoms with van der Waals surface area (Å²) in [7, 11) is -18.9. The topological polar surface area (TPSA) is 343 Å². The Morgan fingerprint density at radius 3 is 1.03 bits per heavy atom. The second-order valence-corrected chi connectivity index (χ2v) is 18.1. The fraction of sp³-hybridized carbons (Fsp3) is 0. The summed E-state index contributed by atoms with van der Waals surface area (Å²) in [6.45, 7) is 0. The van der Waals surface area contributed by atoms with Crippen LogP contribution in [0.1, 0.15) is 11.1 Å². The van der Waals surface area contributed by atoms with Gasteiger partial charge in [-0.2, -0.15) is 63.6 Å². The van der Waals surface area contributed by atoms with Gasteiger partial charge < -0.3 is 21.3 Å². The smallest absolute Gasteiger partial charge is 0.295 e. The number of hydrogen-bond donors (Lipinski definition) is 8. The predicted molar refractivity (Wildman–Crippen MR) is 223 cm³/mol. The van der Waals surface area contributed by atoms with Crippen LogP contribution in [0.25, 0.3) is 12.2 Å². The van der Waals surface area contributed by atoms with Crippen molar-refractivity contribution in [2.45, 2.75) is 19.6 Å². The first kappa shape index (κ1) is 47.1. The van der Waals surface area contributed by atoms with Crippen LogP contribution in [0.4, 0.5) is 46.5 Å². The van der Waals surface area contributed by atoms with Crippen molar-refractivity contribution in [1.29, 1.82) is 0 Å². The Morgan fingerprint density at radius 1 is 0.426 bits per heavy atom. The van der Waals surface area contributed by atoms with Crippen molar-refractivity contribution in [2.75, 3.05) is 21.3 Å². The van der Waals surface area contributed by atoms with Crippen molar-refractivity contribution in [3.8, 4) is 0 Å². The van der Waals surface area contributed by atoms with Gasteiger partial charge in [-0.1, -0.05) is 36.4 Å². The number of halogens is 2. The summed E-state index contributed by atoms with van der Waals surface area (Å²) < 4.78 is 135. The van der Waals surface area contributed by atoms with E-state index in [0.29, 0.717) is 0 Å². The van der Waals surface area contributed by atoms with E-state index >= 15 is 0 Å². The molecule has 2 aromatic heterocycles. The van der Waals surface area contributed by atoms with Crippen molar-refractivity contribution < 1.29 is 51.9 Å². The molecular formula is C32H24Cl2N10NaO12S4. The minimum Gasteiger partial charge on any atom is -0.324 e. The normalized spacial score (nSPS) is 12.1. The standard InChI is InChI=1S/C32H24Cl2N10O12S4.Na/c33-27-39-29(35-19-3-1-5-23(13-19)57(45,46)47)43-31(41-27)37-21-11-9-17(25(15-21)59(51,52)53)7-8-18-10-12-22(16-26(18)60(54,55)56)38-32-42-28(34)40-30(44-32)36-20-4-2-6-24(14-20)58(48,49)50;/h1-16H,(H,45,46,47)(H,48,49,50)(H,51,52,53)(H,54,55,56)(H2,35,37,39,41,43)(H2,36,38,40,42,44);. The Morgan fingerprint density at radius 2 is 0.738 bits per heavy atom. The molecule has 0 saturated heterocycles. The van der Waals surface area contributed by atoms with Crippen molar-refractivity contribution >= 4 is 152 Å². The minimum atomic E-state index is -4.94. The predicted octanol–water partition coefficient (Wildman–Crippen LogP) is 5.11. The molecular weight excluding hydrogens is 939 g/mol. The molecule has 6 rings (SSSR count). The van der Waals surface area contributed by atoms with Crippen LogP contribution in [0.2, 0.25) is 10.6 Å². The summed E-state index contributed by atoms with van der Waals surface area (Å²) in [4.78, 5) is 21.7. The van der Waals surface area contributed by atoms with Crippen molar-refractivity contribution in [2.24, 2.45) is 0 Å². The van der Waals surface area contributed by atoms with Gasteiger partial charge in [-0.25, -0.2) is 0 Å². The van der Waals surface area contributed by atoms with Gasteiger partial charge in [0.1, 0.15) is 9.79 Å². The van der Waals surface area contributed by atoms with E-state index in [0.717, 1.165) is 48.6 Å². The maximum Gasteiger partial charge on any atom is 0.295 e. The SMILES string of the molecule is O=S(=O)(O)c1cccc(Nc2nc(Cl)nc(Nc3ccc(C=Cc4ccc(Nc5nc(Cl)nc(Nc6cccc(S(=O)(=O)O)c6)n5)cc4S(=O)(=O)O)c(S(=O)(=O)O)c3)n2)c1.[Na]. The average molecular weight is 963 g/mol. The number of hydrogen-bond acceptors (Lipinski definition) is 18. The summed E-state index contributed by atoms with van der Waals surface area (Å²) in [6.07, 6.45) is 2.29. The number of nitrogens with zero attached hydrogens (tertiary/aromatic N) is 6. The zero-order valence-electron chi connectivity index (χ0n) is 30.4. The van der Waals surface area contributed by atoms with E-state index in [-0.39, 0.29) is 97.8 Å². The van der Waals surface area contributed by atoms with E-state index in [1.165, 1.54) is 48.5 Å². The van der Waals surface area contributed by atoms with Gasteiger partial charge in [0.2, 0.25) is 34.4 Å². The molecule has 0 aliphatic rings. The van der Waals surface area contributed by atoms with Gasteiger partial charge >= 0.3 is 0 Å². The van der Waals surface area contributed by atoms with Crippen molar-refractivity contribution in [3.05, 3.63) is 107 Å². The van der Waals surface area contributed by atoms with Crippen molar-refractivity contribution in [3.63, 3.8) is 0 Å². The molecule has 0 fully saturated rings. The molecule has 4 aromatic carbocycles. The Bertz CT molecular complexity index is 2960. The van der Waals surface area contributed by atoms with Gasteiger partial charge in [0.25, 0.3) is 40.5 Å². The fourth-order valence-electron chi connectivity index (χ4n) is 5.03. The molecule has 2 heterocycles. The maximum absolute atomic E-state index is 12.5. The first-order chi connectivity index (χ1) is 28.0. The molecule has 0 amide bonds. The van der Waals surface area contributed by atoms with Crippen LogP contribution in [0.5, 0.6) is 0 Å². The third kappa shape index (κ3) is 12.8. The van der Waals surface area contributed by atoms with Crippen LogP contribution in [-0.2, 0) is 40.5 Å². The molecule has 8 N–H and O–H groups in total. The minimum absolute atomic E-state index is 0. The first-order valence-corrected chi connectivity index (χ1v) is 22.5. The molecule has 0 aliphatic heterocycles. The largest absolute Gasteiger partial charge is 0.324 e. The van der Waals surface area contributed by atoms with E-state index in [1.54, 1.807) is 0 Å². The number of rotatable bonds is 14. The Labute approximate surface area is 378 Å². The van der Waals surface area contributed by atoms with Crippen LogP contribution >= 0.6 is 23.2 Å². The maximum atomic E-state index is 12.5. The number of aromatic nitrogens is 6. The van der Waals surface area contributed by atoms with Gasteiger partial charge in [0.05, 0.1) is 9.79 Å². The first-order valence-electron chi connectivity index (χ1n) is 16.0. The molecule has 6 aromatic rings. The third-order valence-electron chi connectivity index (χ3n) is 7.53. The molecule has 22 nitrogen and oxygen atoms in total. The fourth-order valence-corrected chi connectivity index (χ4v) is 7.83. The average Bonchev–Trinajstić information content (AvgIpc) is 3.13. The zero-order valence-corrected chi connectivity index (χ0v) is 37.1. The molecule has 0 unspecified atom stereocenters. The van der Waals surface area contributed by atoms with E-state index in [4.69, 9.17) is 23.2 Å². The van der Waals surface area contributed by atoms with Gasteiger partial charge in [-0.05, 0) is 95.0 Å². The van der Waals surface area contributed by atoms with E-state index in [2.05, 4.69) is 51.2 Å². The molecule has 313 valence electrons. The molecule has 61 heavy (non-hydrogen) atoms. The Kier molecular flexibility index (Phi) is 14.4. The van der Waals surface area contributed by atoms with Gasteiger partial charge in [-0.15, -0.1) is 0 Å². The summed E-state index contributed by atoms with van der Waals surface area (Å²) in [5.74, 6) is -0.818. The second kappa shape index (κ2) is 18.6. The molecule has 0 saturated carbocycles. The molecule has 0 atom stereocenters. The molecule has 0 aliphatic carbocycles. The molecule has 1 radical (unpaired) electrons. The summed E-state index contributed by atoms with van der Waals surface area (Å²) >= 11 is 12.1.